The van der Waals surface area contributed by atoms with Gasteiger partial charge in [-0.25, -0.2) is 0 Å². The zero-order chi connectivity index (χ0) is 23.7. The Morgan fingerprint density at radius 1 is 1.06 bits per heavy atom. The number of hydrogen-bond donors (Lipinski definition) is 1. The second-order valence-corrected chi connectivity index (χ2v) is 10.2. The van der Waals surface area contributed by atoms with Crippen LogP contribution in [0.1, 0.15) is 38.3 Å². The van der Waals surface area contributed by atoms with Crippen molar-refractivity contribution < 1.29 is 9.59 Å². The van der Waals surface area contributed by atoms with Gasteiger partial charge in [-0.15, -0.1) is 11.8 Å². The van der Waals surface area contributed by atoms with Crippen molar-refractivity contribution in [3.63, 3.8) is 0 Å². The largest absolute Gasteiger partial charge is 0.354 e. The van der Waals surface area contributed by atoms with Gasteiger partial charge in [0.05, 0.1) is 5.75 Å². The first-order valence-electron chi connectivity index (χ1n) is 10.5. The Balaban J connectivity index is 2.16. The predicted molar refractivity (Wildman–Crippen MR) is 137 cm³/mol. The number of halogens is 3. The van der Waals surface area contributed by atoms with Crippen LogP contribution in [0, 0.1) is 5.92 Å². The molecule has 0 aromatic heterocycles. The highest BCUT2D eigenvalue weighted by molar-refractivity contribution is 7.99. The summed E-state index contributed by atoms with van der Waals surface area (Å²) in [6, 6.07) is 12.2. The van der Waals surface area contributed by atoms with Gasteiger partial charge in [-0.2, -0.15) is 0 Å². The smallest absolute Gasteiger partial charge is 0.242 e. The van der Waals surface area contributed by atoms with E-state index in [0.29, 0.717) is 39.7 Å². The Morgan fingerprint density at radius 2 is 1.78 bits per heavy atom. The molecule has 174 valence electrons. The lowest BCUT2D eigenvalue weighted by molar-refractivity contribution is -0.139. The summed E-state index contributed by atoms with van der Waals surface area (Å²) in [5.41, 5.74) is 1.80. The van der Waals surface area contributed by atoms with Gasteiger partial charge in [-0.3, -0.25) is 9.59 Å². The quantitative estimate of drug-likeness (QED) is 0.373. The Bertz CT molecular complexity index is 924. The van der Waals surface area contributed by atoms with E-state index in [4.69, 9.17) is 34.8 Å². The number of hydrogen-bond acceptors (Lipinski definition) is 3. The van der Waals surface area contributed by atoms with E-state index in [1.165, 1.54) is 11.8 Å². The maximum atomic E-state index is 13.3. The molecular formula is C24H29Cl3N2O2S. The van der Waals surface area contributed by atoms with Crippen LogP contribution in [0.3, 0.4) is 0 Å². The molecule has 0 saturated heterocycles. The number of carbonyl (C=O) groups is 2. The molecule has 4 nitrogen and oxygen atoms in total. The van der Waals surface area contributed by atoms with Gasteiger partial charge in [-0.1, -0.05) is 73.8 Å². The van der Waals surface area contributed by atoms with Gasteiger partial charge in [0.25, 0.3) is 0 Å². The van der Waals surface area contributed by atoms with Crippen molar-refractivity contribution in [1.29, 1.82) is 0 Å². The first-order chi connectivity index (χ1) is 15.2. The molecule has 0 heterocycles. The van der Waals surface area contributed by atoms with E-state index in [0.717, 1.165) is 11.1 Å². The van der Waals surface area contributed by atoms with Crippen LogP contribution in [-0.2, 0) is 21.9 Å². The van der Waals surface area contributed by atoms with Crippen LogP contribution in [0.4, 0.5) is 0 Å². The number of rotatable bonds is 11. The van der Waals surface area contributed by atoms with Gasteiger partial charge in [0.1, 0.15) is 6.04 Å². The molecule has 32 heavy (non-hydrogen) atoms. The maximum Gasteiger partial charge on any atom is 0.242 e. The molecule has 0 bridgehead atoms. The molecule has 2 rings (SSSR count). The van der Waals surface area contributed by atoms with Gasteiger partial charge < -0.3 is 10.2 Å². The lowest BCUT2D eigenvalue weighted by Crippen LogP contribution is -2.50. The van der Waals surface area contributed by atoms with Gasteiger partial charge >= 0.3 is 0 Å². The second-order valence-electron chi connectivity index (χ2n) is 7.94. The SMILES string of the molecule is CC[C@@H](C(=O)NCC(C)C)N(Cc1ccc(Cl)cc1Cl)C(=O)CSCc1cccc(Cl)c1. The van der Waals surface area contributed by atoms with Crippen LogP contribution in [0.25, 0.3) is 0 Å². The average molecular weight is 516 g/mol. The summed E-state index contributed by atoms with van der Waals surface area (Å²) >= 11 is 19.9. The van der Waals surface area contributed by atoms with Gasteiger partial charge in [0.15, 0.2) is 0 Å². The highest BCUT2D eigenvalue weighted by Crippen LogP contribution is 2.25. The first-order valence-corrected chi connectivity index (χ1v) is 12.8. The minimum absolute atomic E-state index is 0.116. The van der Waals surface area contributed by atoms with E-state index in [1.807, 2.05) is 45.0 Å². The Labute approximate surface area is 210 Å². The summed E-state index contributed by atoms with van der Waals surface area (Å²) in [6.07, 6.45) is 0.500. The fourth-order valence-corrected chi connectivity index (χ4v) is 4.68. The zero-order valence-corrected chi connectivity index (χ0v) is 21.6. The Kier molecular flexibility index (Phi) is 11.2. The van der Waals surface area contributed by atoms with Crippen molar-refractivity contribution in [2.45, 2.75) is 45.5 Å². The van der Waals surface area contributed by atoms with E-state index in [1.54, 1.807) is 23.1 Å². The highest BCUT2D eigenvalue weighted by atomic mass is 35.5. The molecule has 1 atom stereocenters. The molecule has 0 unspecified atom stereocenters. The average Bonchev–Trinajstić information content (AvgIpc) is 2.73. The van der Waals surface area contributed by atoms with E-state index in [9.17, 15) is 9.59 Å². The Hall–Kier alpha value is -1.40. The number of nitrogens with zero attached hydrogens (tertiary/aromatic N) is 1. The number of thioether (sulfide) groups is 1. The van der Waals surface area contributed by atoms with Gasteiger partial charge in [0.2, 0.25) is 11.8 Å². The van der Waals surface area contributed by atoms with Crippen molar-refractivity contribution >= 4 is 58.4 Å². The predicted octanol–water partition coefficient (Wildman–Crippen LogP) is 6.46. The molecule has 0 spiro atoms. The third-order valence-electron chi connectivity index (χ3n) is 4.81. The van der Waals surface area contributed by atoms with Crippen LogP contribution in [0.5, 0.6) is 0 Å². The summed E-state index contributed by atoms with van der Waals surface area (Å²) in [5, 5.41) is 4.62. The van der Waals surface area contributed by atoms with E-state index >= 15 is 0 Å². The van der Waals surface area contributed by atoms with E-state index in [2.05, 4.69) is 5.32 Å². The van der Waals surface area contributed by atoms with E-state index in [-0.39, 0.29) is 24.1 Å². The molecule has 0 aliphatic rings. The van der Waals surface area contributed by atoms with Gasteiger partial charge in [0, 0.05) is 33.9 Å². The van der Waals surface area contributed by atoms with Crippen LogP contribution in [0.15, 0.2) is 42.5 Å². The fourth-order valence-electron chi connectivity index (χ4n) is 3.14. The normalized spacial score (nSPS) is 12.0. The van der Waals surface area contributed by atoms with Crippen LogP contribution < -0.4 is 5.32 Å². The molecule has 2 amide bonds. The summed E-state index contributed by atoms with van der Waals surface area (Å²) < 4.78 is 0. The highest BCUT2D eigenvalue weighted by Gasteiger charge is 2.29. The van der Waals surface area contributed by atoms with Gasteiger partial charge in [-0.05, 0) is 47.7 Å². The lowest BCUT2D eigenvalue weighted by atomic mass is 10.1. The molecule has 2 aromatic carbocycles. The molecule has 0 aliphatic heterocycles. The maximum absolute atomic E-state index is 13.3. The zero-order valence-electron chi connectivity index (χ0n) is 18.5. The van der Waals surface area contributed by atoms with Crippen molar-refractivity contribution in [2.75, 3.05) is 12.3 Å². The number of nitrogens with one attached hydrogen (secondary N) is 1. The number of carbonyl (C=O) groups excluding carboxylic acids is 2. The van der Waals surface area contributed by atoms with Crippen molar-refractivity contribution in [3.05, 3.63) is 68.7 Å². The number of amides is 2. The first kappa shape index (κ1) is 26.8. The fraction of sp³-hybridized carbons (Fsp3) is 0.417. The third-order valence-corrected chi connectivity index (χ3v) is 6.62. The molecule has 0 saturated carbocycles. The monoisotopic (exact) mass is 514 g/mol. The summed E-state index contributed by atoms with van der Waals surface area (Å²) in [5.74, 6) is 0.942. The summed E-state index contributed by atoms with van der Waals surface area (Å²) in [7, 11) is 0. The topological polar surface area (TPSA) is 49.4 Å². The number of benzene rings is 2. The molecule has 1 N–H and O–H groups in total. The standard InChI is InChI=1S/C24H29Cl3N2O2S/c1-4-22(24(31)28-12-16(2)3)29(13-18-8-9-20(26)11-21(18)27)23(30)15-32-14-17-6-5-7-19(25)10-17/h5-11,16,22H,4,12-15H2,1-3H3,(H,28,31)/t22-/m0/s1. The summed E-state index contributed by atoms with van der Waals surface area (Å²) in [4.78, 5) is 27.8. The van der Waals surface area contributed by atoms with E-state index < -0.39 is 6.04 Å². The molecule has 0 aliphatic carbocycles. The Morgan fingerprint density at radius 3 is 2.41 bits per heavy atom. The van der Waals surface area contributed by atoms with Crippen molar-refractivity contribution in [3.8, 4) is 0 Å². The second kappa shape index (κ2) is 13.3. The lowest BCUT2D eigenvalue weighted by Gasteiger charge is -2.31. The molecular weight excluding hydrogens is 487 g/mol. The van der Waals surface area contributed by atoms with Crippen molar-refractivity contribution in [1.82, 2.24) is 10.2 Å². The molecule has 0 fully saturated rings. The summed E-state index contributed by atoms with van der Waals surface area (Å²) in [6.45, 7) is 6.76. The third kappa shape index (κ3) is 8.51. The molecule has 8 heteroatoms. The molecule has 2 aromatic rings. The van der Waals surface area contributed by atoms with Crippen molar-refractivity contribution in [2.24, 2.45) is 5.92 Å². The van der Waals surface area contributed by atoms with Crippen LogP contribution in [0.2, 0.25) is 15.1 Å². The minimum atomic E-state index is -0.584. The van der Waals surface area contributed by atoms with Crippen LogP contribution >= 0.6 is 46.6 Å². The minimum Gasteiger partial charge on any atom is -0.354 e. The molecule has 0 radical (unpaired) electrons. The van der Waals surface area contributed by atoms with Crippen LogP contribution in [-0.4, -0.2) is 35.1 Å².